The Balaban J connectivity index is 2.56. The fourth-order valence-electron chi connectivity index (χ4n) is 1.80. The second-order valence-corrected chi connectivity index (χ2v) is 4.70. The molecular formula is C14H23N3O. The van der Waals surface area contributed by atoms with Gasteiger partial charge >= 0.3 is 6.03 Å². The van der Waals surface area contributed by atoms with Crippen LogP contribution in [-0.2, 0) is 0 Å². The molecule has 0 radical (unpaired) electrons. The average molecular weight is 249 g/mol. The normalized spacial score (nSPS) is 13.8. The van der Waals surface area contributed by atoms with Gasteiger partial charge in [-0.2, -0.15) is 0 Å². The highest BCUT2D eigenvalue weighted by Gasteiger charge is 2.07. The van der Waals surface area contributed by atoms with Crippen molar-refractivity contribution in [1.29, 1.82) is 0 Å². The lowest BCUT2D eigenvalue weighted by molar-refractivity contribution is 0.248. The molecule has 0 fully saturated rings. The van der Waals surface area contributed by atoms with Gasteiger partial charge in [0.15, 0.2) is 0 Å². The van der Waals surface area contributed by atoms with Crippen molar-refractivity contribution in [3.05, 3.63) is 29.8 Å². The van der Waals surface area contributed by atoms with Crippen molar-refractivity contribution in [2.75, 3.05) is 5.32 Å². The van der Waals surface area contributed by atoms with Crippen molar-refractivity contribution in [2.24, 2.45) is 5.73 Å². The molecule has 18 heavy (non-hydrogen) atoms. The minimum absolute atomic E-state index is 0.0335. The fourth-order valence-corrected chi connectivity index (χ4v) is 1.80. The van der Waals surface area contributed by atoms with Gasteiger partial charge in [-0.05, 0) is 38.0 Å². The Morgan fingerprint density at radius 1 is 1.39 bits per heavy atom. The Hall–Kier alpha value is -1.55. The van der Waals surface area contributed by atoms with Crippen molar-refractivity contribution in [3.63, 3.8) is 0 Å². The molecule has 2 atom stereocenters. The molecule has 100 valence electrons. The van der Waals surface area contributed by atoms with Crippen LogP contribution in [0.15, 0.2) is 24.3 Å². The summed E-state index contributed by atoms with van der Waals surface area (Å²) in [6.07, 6.45) is 2.04. The average Bonchev–Trinajstić information content (AvgIpc) is 2.29. The van der Waals surface area contributed by atoms with Crippen LogP contribution in [0.2, 0.25) is 0 Å². The standard InChI is InChI=1S/C14H23N3O/c1-4-6-10(2)16-14(18)17-13-8-5-7-12(9-13)11(3)15/h5,7-11H,4,6,15H2,1-3H3,(H2,16,17,18). The summed E-state index contributed by atoms with van der Waals surface area (Å²) in [6.45, 7) is 6.02. The Labute approximate surface area is 109 Å². The highest BCUT2D eigenvalue weighted by atomic mass is 16.2. The molecule has 4 heteroatoms. The van der Waals surface area contributed by atoms with E-state index in [2.05, 4.69) is 17.6 Å². The van der Waals surface area contributed by atoms with Crippen molar-refractivity contribution in [3.8, 4) is 0 Å². The van der Waals surface area contributed by atoms with Crippen LogP contribution in [0, 0.1) is 0 Å². The van der Waals surface area contributed by atoms with Crippen LogP contribution in [0.1, 0.15) is 45.2 Å². The summed E-state index contributed by atoms with van der Waals surface area (Å²) in [5, 5.41) is 5.72. The lowest BCUT2D eigenvalue weighted by atomic mass is 10.1. The van der Waals surface area contributed by atoms with Gasteiger partial charge in [0.2, 0.25) is 0 Å². The van der Waals surface area contributed by atoms with E-state index in [-0.39, 0.29) is 18.1 Å². The van der Waals surface area contributed by atoms with E-state index in [1.807, 2.05) is 38.1 Å². The molecule has 4 N–H and O–H groups in total. The molecule has 4 nitrogen and oxygen atoms in total. The number of urea groups is 1. The summed E-state index contributed by atoms with van der Waals surface area (Å²) >= 11 is 0. The summed E-state index contributed by atoms with van der Waals surface area (Å²) in [7, 11) is 0. The van der Waals surface area contributed by atoms with Crippen LogP contribution in [0.3, 0.4) is 0 Å². The van der Waals surface area contributed by atoms with Gasteiger partial charge in [0.25, 0.3) is 0 Å². The molecular weight excluding hydrogens is 226 g/mol. The maximum Gasteiger partial charge on any atom is 0.319 e. The first kappa shape index (κ1) is 14.5. The van der Waals surface area contributed by atoms with Crippen LogP contribution in [0.5, 0.6) is 0 Å². The smallest absolute Gasteiger partial charge is 0.319 e. The zero-order chi connectivity index (χ0) is 13.5. The van der Waals surface area contributed by atoms with Crippen LogP contribution < -0.4 is 16.4 Å². The van der Waals surface area contributed by atoms with Crippen LogP contribution in [0.25, 0.3) is 0 Å². The molecule has 2 unspecified atom stereocenters. The predicted octanol–water partition coefficient (Wildman–Crippen LogP) is 3.02. The van der Waals surface area contributed by atoms with E-state index in [4.69, 9.17) is 5.73 Å². The number of carbonyl (C=O) groups is 1. The molecule has 1 aromatic carbocycles. The Morgan fingerprint density at radius 2 is 2.11 bits per heavy atom. The lowest BCUT2D eigenvalue weighted by Crippen LogP contribution is -2.35. The molecule has 0 aromatic heterocycles. The van der Waals surface area contributed by atoms with E-state index in [0.717, 1.165) is 24.1 Å². The van der Waals surface area contributed by atoms with Gasteiger partial charge in [-0.1, -0.05) is 25.5 Å². The Bertz CT molecular complexity index is 390. The summed E-state index contributed by atoms with van der Waals surface area (Å²) in [5.41, 5.74) is 7.58. The third-order valence-electron chi connectivity index (χ3n) is 2.77. The second kappa shape index (κ2) is 7.01. The minimum atomic E-state index is -0.169. The Morgan fingerprint density at radius 3 is 2.72 bits per heavy atom. The minimum Gasteiger partial charge on any atom is -0.335 e. The second-order valence-electron chi connectivity index (χ2n) is 4.70. The highest BCUT2D eigenvalue weighted by molar-refractivity contribution is 5.89. The van der Waals surface area contributed by atoms with Gasteiger partial charge in [0, 0.05) is 17.8 Å². The number of nitrogens with two attached hydrogens (primary N) is 1. The van der Waals surface area contributed by atoms with Crippen molar-refractivity contribution < 1.29 is 4.79 Å². The SMILES string of the molecule is CCCC(C)NC(=O)Nc1cccc(C(C)N)c1. The fraction of sp³-hybridized carbons (Fsp3) is 0.500. The third-order valence-corrected chi connectivity index (χ3v) is 2.77. The van der Waals surface area contributed by atoms with Gasteiger partial charge in [-0.15, -0.1) is 0 Å². The number of hydrogen-bond donors (Lipinski definition) is 3. The van der Waals surface area contributed by atoms with E-state index in [9.17, 15) is 4.79 Å². The number of anilines is 1. The first-order valence-corrected chi connectivity index (χ1v) is 6.46. The first-order valence-electron chi connectivity index (χ1n) is 6.46. The van der Waals surface area contributed by atoms with Gasteiger partial charge in [0.05, 0.1) is 0 Å². The number of rotatable bonds is 5. The van der Waals surface area contributed by atoms with E-state index >= 15 is 0 Å². The molecule has 1 rings (SSSR count). The largest absolute Gasteiger partial charge is 0.335 e. The quantitative estimate of drug-likeness (QED) is 0.751. The molecule has 0 saturated carbocycles. The molecule has 0 heterocycles. The molecule has 0 aliphatic rings. The van der Waals surface area contributed by atoms with Gasteiger partial charge in [0.1, 0.15) is 0 Å². The monoisotopic (exact) mass is 249 g/mol. The van der Waals surface area contributed by atoms with E-state index in [0.29, 0.717) is 0 Å². The molecule has 0 spiro atoms. The topological polar surface area (TPSA) is 67.2 Å². The number of hydrogen-bond acceptors (Lipinski definition) is 2. The number of nitrogens with one attached hydrogen (secondary N) is 2. The maximum atomic E-state index is 11.7. The van der Waals surface area contributed by atoms with Crippen LogP contribution in [-0.4, -0.2) is 12.1 Å². The molecule has 0 aliphatic carbocycles. The summed E-state index contributed by atoms with van der Waals surface area (Å²) in [5.74, 6) is 0. The van der Waals surface area contributed by atoms with E-state index in [1.54, 1.807) is 0 Å². The summed E-state index contributed by atoms with van der Waals surface area (Å²) < 4.78 is 0. The Kier molecular flexibility index (Phi) is 5.65. The molecule has 0 bridgehead atoms. The zero-order valence-electron chi connectivity index (χ0n) is 11.4. The van der Waals surface area contributed by atoms with Gasteiger partial charge < -0.3 is 16.4 Å². The number of benzene rings is 1. The molecule has 0 saturated heterocycles. The predicted molar refractivity (Wildman–Crippen MR) is 75.6 cm³/mol. The highest BCUT2D eigenvalue weighted by Crippen LogP contribution is 2.15. The first-order chi connectivity index (χ1) is 8.52. The maximum absolute atomic E-state index is 11.7. The number of amides is 2. The van der Waals surface area contributed by atoms with Crippen molar-refractivity contribution in [2.45, 2.75) is 45.7 Å². The van der Waals surface area contributed by atoms with Crippen molar-refractivity contribution in [1.82, 2.24) is 5.32 Å². The molecule has 1 aromatic rings. The zero-order valence-corrected chi connectivity index (χ0v) is 11.4. The van der Waals surface area contributed by atoms with Crippen LogP contribution in [0.4, 0.5) is 10.5 Å². The lowest BCUT2D eigenvalue weighted by Gasteiger charge is -2.14. The van der Waals surface area contributed by atoms with Crippen LogP contribution >= 0.6 is 0 Å². The number of carbonyl (C=O) groups excluding carboxylic acids is 1. The van der Waals surface area contributed by atoms with Gasteiger partial charge in [-0.3, -0.25) is 0 Å². The summed E-state index contributed by atoms with van der Waals surface area (Å²) in [6, 6.07) is 7.58. The third kappa shape index (κ3) is 4.75. The van der Waals surface area contributed by atoms with E-state index in [1.165, 1.54) is 0 Å². The molecule has 0 aliphatic heterocycles. The van der Waals surface area contributed by atoms with E-state index < -0.39 is 0 Å². The van der Waals surface area contributed by atoms with Crippen molar-refractivity contribution >= 4 is 11.7 Å². The van der Waals surface area contributed by atoms with Gasteiger partial charge in [-0.25, -0.2) is 4.79 Å². The molecule has 2 amide bonds. The summed E-state index contributed by atoms with van der Waals surface area (Å²) in [4.78, 5) is 11.7.